The van der Waals surface area contributed by atoms with Gasteiger partial charge in [0.15, 0.2) is 0 Å². The smallest absolute Gasteiger partial charge is 0.249 e. The Morgan fingerprint density at radius 3 is 2.70 bits per heavy atom. The van der Waals surface area contributed by atoms with Crippen molar-refractivity contribution in [2.75, 3.05) is 22.6 Å². The molecule has 1 saturated carbocycles. The van der Waals surface area contributed by atoms with E-state index in [-0.39, 0.29) is 11.9 Å². The first-order chi connectivity index (χ1) is 9.63. The Kier molecular flexibility index (Phi) is 3.28. The number of nitrogens with two attached hydrogens (primary N) is 1. The summed E-state index contributed by atoms with van der Waals surface area (Å²) in [5.41, 5.74) is 7.81. The quantitative estimate of drug-likeness (QED) is 0.897. The van der Waals surface area contributed by atoms with E-state index in [2.05, 4.69) is 16.8 Å². The molecule has 1 aliphatic carbocycles. The van der Waals surface area contributed by atoms with Gasteiger partial charge in [-0.3, -0.25) is 4.79 Å². The average molecular weight is 274 g/mol. The molecule has 1 aromatic rings. The van der Waals surface area contributed by atoms with Gasteiger partial charge in [-0.2, -0.15) is 0 Å². The number of pyridine rings is 1. The maximum Gasteiger partial charge on any atom is 0.249 e. The van der Waals surface area contributed by atoms with Crippen LogP contribution in [0.3, 0.4) is 0 Å². The number of carbonyl (C=O) groups is 1. The van der Waals surface area contributed by atoms with Crippen LogP contribution in [0.1, 0.15) is 39.0 Å². The van der Waals surface area contributed by atoms with Crippen molar-refractivity contribution in [2.45, 2.75) is 51.1 Å². The number of hydrogen-bond donors (Lipinski definition) is 1. The van der Waals surface area contributed by atoms with E-state index >= 15 is 0 Å². The van der Waals surface area contributed by atoms with Crippen molar-refractivity contribution in [3.8, 4) is 0 Å². The summed E-state index contributed by atoms with van der Waals surface area (Å²) in [4.78, 5) is 20.8. The minimum Gasteiger partial charge on any atom is -0.384 e. The number of fused-ring (bicyclic) bond motifs is 1. The summed E-state index contributed by atoms with van der Waals surface area (Å²) < 4.78 is 0. The van der Waals surface area contributed by atoms with Crippen LogP contribution < -0.4 is 15.5 Å². The third-order valence-corrected chi connectivity index (χ3v) is 4.58. The molecule has 5 heteroatoms. The van der Waals surface area contributed by atoms with Gasteiger partial charge in [0.05, 0.1) is 17.6 Å². The van der Waals surface area contributed by atoms with Gasteiger partial charge >= 0.3 is 0 Å². The first kappa shape index (κ1) is 13.2. The molecule has 5 nitrogen and oxygen atoms in total. The summed E-state index contributed by atoms with van der Waals surface area (Å²) in [6.45, 7) is 2.08. The van der Waals surface area contributed by atoms with Crippen molar-refractivity contribution in [1.82, 2.24) is 4.98 Å². The second-order valence-electron chi connectivity index (χ2n) is 5.76. The lowest BCUT2D eigenvalue weighted by molar-refractivity contribution is -0.120. The first-order valence-electron chi connectivity index (χ1n) is 7.45. The minimum absolute atomic E-state index is 0.0719. The zero-order valence-corrected chi connectivity index (χ0v) is 12.2. The summed E-state index contributed by atoms with van der Waals surface area (Å²) in [5.74, 6) is 0.683. The van der Waals surface area contributed by atoms with Gasteiger partial charge in [-0.1, -0.05) is 19.8 Å². The number of likely N-dealkylation sites (N-methyl/N-ethyl adjacent to an activating group) is 1. The van der Waals surface area contributed by atoms with E-state index in [0.29, 0.717) is 11.9 Å². The van der Waals surface area contributed by atoms with E-state index < -0.39 is 0 Å². The summed E-state index contributed by atoms with van der Waals surface area (Å²) >= 11 is 0. The Hall–Kier alpha value is -1.78. The van der Waals surface area contributed by atoms with Gasteiger partial charge in [0.1, 0.15) is 11.9 Å². The third-order valence-electron chi connectivity index (χ3n) is 4.58. The molecule has 0 unspecified atom stereocenters. The van der Waals surface area contributed by atoms with E-state index in [1.54, 1.807) is 11.1 Å². The molecule has 0 spiro atoms. The third kappa shape index (κ3) is 1.92. The predicted octanol–water partition coefficient (Wildman–Crippen LogP) is 2.17. The van der Waals surface area contributed by atoms with Gasteiger partial charge in [0.2, 0.25) is 5.91 Å². The number of aromatic nitrogens is 1. The molecule has 0 radical (unpaired) electrons. The number of rotatable bonds is 2. The molecule has 20 heavy (non-hydrogen) atoms. The van der Waals surface area contributed by atoms with Crippen molar-refractivity contribution in [2.24, 2.45) is 0 Å². The Morgan fingerprint density at radius 1 is 1.35 bits per heavy atom. The molecule has 0 aromatic carbocycles. The van der Waals surface area contributed by atoms with Crippen molar-refractivity contribution < 1.29 is 4.79 Å². The van der Waals surface area contributed by atoms with E-state index in [1.165, 1.54) is 12.8 Å². The number of anilines is 3. The summed E-state index contributed by atoms with van der Waals surface area (Å²) in [6.07, 6.45) is 7.36. The highest BCUT2D eigenvalue weighted by atomic mass is 16.2. The van der Waals surface area contributed by atoms with Crippen molar-refractivity contribution in [1.29, 1.82) is 0 Å². The highest BCUT2D eigenvalue weighted by Crippen LogP contribution is 2.41. The van der Waals surface area contributed by atoms with Gasteiger partial charge in [-0.25, -0.2) is 4.98 Å². The minimum atomic E-state index is -0.0719. The molecule has 2 aliphatic rings. The van der Waals surface area contributed by atoms with Crippen LogP contribution in [0.15, 0.2) is 12.3 Å². The molecule has 3 rings (SSSR count). The van der Waals surface area contributed by atoms with E-state index in [0.717, 1.165) is 30.6 Å². The molecule has 1 atom stereocenters. The second kappa shape index (κ2) is 4.96. The van der Waals surface area contributed by atoms with E-state index in [1.807, 2.05) is 13.1 Å². The summed E-state index contributed by atoms with van der Waals surface area (Å²) in [6, 6.07) is 2.30. The van der Waals surface area contributed by atoms with Crippen LogP contribution in [0.4, 0.5) is 17.2 Å². The number of nitrogens with zero attached hydrogens (tertiary/aromatic N) is 3. The average Bonchev–Trinajstić information content (AvgIpc) is 2.96. The Balaban J connectivity index is 2.11. The fourth-order valence-corrected chi connectivity index (χ4v) is 3.55. The van der Waals surface area contributed by atoms with Gasteiger partial charge in [-0.15, -0.1) is 0 Å². The Bertz CT molecular complexity index is 525. The Morgan fingerprint density at radius 2 is 2.05 bits per heavy atom. The van der Waals surface area contributed by atoms with E-state index in [4.69, 9.17) is 5.73 Å². The van der Waals surface area contributed by atoms with Crippen LogP contribution in [0.25, 0.3) is 0 Å². The zero-order valence-electron chi connectivity index (χ0n) is 12.2. The molecule has 0 bridgehead atoms. The predicted molar refractivity (Wildman–Crippen MR) is 80.9 cm³/mol. The summed E-state index contributed by atoms with van der Waals surface area (Å²) in [7, 11) is 1.83. The van der Waals surface area contributed by atoms with Gasteiger partial charge in [0, 0.05) is 19.2 Å². The molecule has 0 saturated heterocycles. The van der Waals surface area contributed by atoms with Crippen LogP contribution in [0, 0.1) is 0 Å². The van der Waals surface area contributed by atoms with Crippen LogP contribution in [-0.4, -0.2) is 30.0 Å². The fourth-order valence-electron chi connectivity index (χ4n) is 3.55. The van der Waals surface area contributed by atoms with Gasteiger partial charge in [-0.05, 0) is 19.3 Å². The molecule has 1 aromatic heterocycles. The van der Waals surface area contributed by atoms with E-state index in [9.17, 15) is 4.79 Å². The lowest BCUT2D eigenvalue weighted by Gasteiger charge is -2.44. The standard InChI is InChI=1S/C15H22N4O/c1-3-11-15(20)18(2)13-9-17-14(16)8-12(13)19(11)10-6-4-5-7-10/h8-11H,3-7H2,1-2H3,(H2,16,17)/t11-/m1/s1. The normalized spacial score (nSPS) is 23.3. The second-order valence-corrected chi connectivity index (χ2v) is 5.76. The molecule has 1 amide bonds. The first-order valence-corrected chi connectivity index (χ1v) is 7.45. The fraction of sp³-hybridized carbons (Fsp3) is 0.600. The lowest BCUT2D eigenvalue weighted by atomic mass is 10.0. The molecule has 2 N–H and O–H groups in total. The zero-order chi connectivity index (χ0) is 14.3. The lowest BCUT2D eigenvalue weighted by Crippen LogP contribution is -2.55. The SMILES string of the molecule is CC[C@@H]1C(=O)N(C)c2cnc(N)cc2N1C1CCCC1. The topological polar surface area (TPSA) is 62.5 Å². The highest BCUT2D eigenvalue weighted by Gasteiger charge is 2.39. The Labute approximate surface area is 119 Å². The van der Waals surface area contributed by atoms with Gasteiger partial charge in [0.25, 0.3) is 0 Å². The number of amides is 1. The number of hydrogen-bond acceptors (Lipinski definition) is 4. The highest BCUT2D eigenvalue weighted by molar-refractivity contribution is 6.05. The van der Waals surface area contributed by atoms with Gasteiger partial charge < -0.3 is 15.5 Å². The largest absolute Gasteiger partial charge is 0.384 e. The van der Waals surface area contributed by atoms with Crippen molar-refractivity contribution >= 4 is 23.1 Å². The van der Waals surface area contributed by atoms with Crippen molar-refractivity contribution in [3.63, 3.8) is 0 Å². The molecular formula is C15H22N4O. The van der Waals surface area contributed by atoms with Crippen LogP contribution >= 0.6 is 0 Å². The van der Waals surface area contributed by atoms with Crippen LogP contribution in [0.2, 0.25) is 0 Å². The maximum absolute atomic E-state index is 12.6. The van der Waals surface area contributed by atoms with Crippen LogP contribution in [-0.2, 0) is 4.79 Å². The van der Waals surface area contributed by atoms with Crippen LogP contribution in [0.5, 0.6) is 0 Å². The molecule has 1 fully saturated rings. The molecule has 108 valence electrons. The molecule has 2 heterocycles. The molecular weight excluding hydrogens is 252 g/mol. The maximum atomic E-state index is 12.6. The summed E-state index contributed by atoms with van der Waals surface area (Å²) in [5, 5.41) is 0. The number of nitrogen functional groups attached to an aromatic ring is 1. The molecule has 1 aliphatic heterocycles. The number of carbonyl (C=O) groups excluding carboxylic acids is 1. The monoisotopic (exact) mass is 274 g/mol. The van der Waals surface area contributed by atoms with Crippen molar-refractivity contribution in [3.05, 3.63) is 12.3 Å².